The minimum absolute atomic E-state index is 0.107. The number of anilines is 1. The molecule has 5 rings (SSSR count). The van der Waals surface area contributed by atoms with Gasteiger partial charge >= 0.3 is 6.01 Å². The summed E-state index contributed by atoms with van der Waals surface area (Å²) in [6, 6.07) is 19.6. The zero-order valence-electron chi connectivity index (χ0n) is 20.4. The number of amides is 1. The molecule has 1 aliphatic heterocycles. The summed E-state index contributed by atoms with van der Waals surface area (Å²) in [6.07, 6.45) is 2.03. The predicted octanol–water partition coefficient (Wildman–Crippen LogP) is 3.06. The molecule has 0 aliphatic carbocycles. The Labute approximate surface area is 220 Å². The van der Waals surface area contributed by atoms with Crippen LogP contribution in [-0.2, 0) is 39.2 Å². The number of sulfone groups is 1. The molecule has 4 aromatic rings. The van der Waals surface area contributed by atoms with Gasteiger partial charge in [-0.05, 0) is 59.5 Å². The first-order valence-corrected chi connectivity index (χ1v) is 15.0. The molecule has 0 bridgehead atoms. The molecule has 0 saturated heterocycles. The van der Waals surface area contributed by atoms with Gasteiger partial charge in [-0.2, -0.15) is 4.31 Å². The number of rotatable bonds is 7. The normalized spacial score (nSPS) is 14.1. The van der Waals surface area contributed by atoms with Gasteiger partial charge in [-0.25, -0.2) is 16.8 Å². The Bertz CT molecular complexity index is 1700. The third kappa shape index (κ3) is 5.52. The molecule has 12 heteroatoms. The van der Waals surface area contributed by atoms with Gasteiger partial charge in [0.15, 0.2) is 9.84 Å². The average molecular weight is 553 g/mol. The summed E-state index contributed by atoms with van der Waals surface area (Å²) in [5.41, 5.74) is 3.13. The Morgan fingerprint density at radius 2 is 1.55 bits per heavy atom. The van der Waals surface area contributed by atoms with Crippen LogP contribution in [0, 0.1) is 0 Å². The molecule has 1 aliphatic rings. The van der Waals surface area contributed by atoms with Gasteiger partial charge in [0.2, 0.25) is 15.9 Å². The molecule has 0 spiro atoms. The molecule has 196 valence electrons. The number of nitrogens with zero attached hydrogens (tertiary/aromatic N) is 3. The topological polar surface area (TPSA) is 140 Å². The molecule has 0 unspecified atom stereocenters. The van der Waals surface area contributed by atoms with Gasteiger partial charge in [-0.15, -0.1) is 5.10 Å². The second-order valence-electron chi connectivity index (χ2n) is 8.93. The van der Waals surface area contributed by atoms with Crippen LogP contribution in [-0.4, -0.2) is 50.0 Å². The van der Waals surface area contributed by atoms with E-state index < -0.39 is 25.8 Å². The number of sulfonamides is 1. The van der Waals surface area contributed by atoms with Crippen molar-refractivity contribution >= 4 is 31.8 Å². The van der Waals surface area contributed by atoms with Gasteiger partial charge in [0.1, 0.15) is 0 Å². The third-order valence-corrected chi connectivity index (χ3v) is 9.23. The summed E-state index contributed by atoms with van der Waals surface area (Å²) in [5, 5.41) is 10.2. The fourth-order valence-corrected chi connectivity index (χ4v) is 6.23. The monoisotopic (exact) mass is 552 g/mol. The molecular formula is C26H24N4O6S2. The SMILES string of the molecule is CS(=O)(=O)c1ccc(Cc2nnc(NC(=O)c3ccc(S(=O)(=O)N4CCc5ccccc5C4)cc3)o2)cc1. The van der Waals surface area contributed by atoms with Crippen molar-refractivity contribution in [2.75, 3.05) is 18.1 Å². The van der Waals surface area contributed by atoms with Crippen molar-refractivity contribution < 1.29 is 26.0 Å². The lowest BCUT2D eigenvalue weighted by atomic mass is 10.0. The van der Waals surface area contributed by atoms with Crippen LogP contribution in [0.1, 0.15) is 32.9 Å². The fraction of sp³-hybridized carbons (Fsp3) is 0.192. The highest BCUT2D eigenvalue weighted by Crippen LogP contribution is 2.25. The van der Waals surface area contributed by atoms with E-state index in [1.165, 1.54) is 40.7 Å². The van der Waals surface area contributed by atoms with Crippen molar-refractivity contribution in [1.82, 2.24) is 14.5 Å². The maximum Gasteiger partial charge on any atom is 0.322 e. The Balaban J connectivity index is 1.22. The Morgan fingerprint density at radius 1 is 0.895 bits per heavy atom. The van der Waals surface area contributed by atoms with Crippen LogP contribution in [0.2, 0.25) is 0 Å². The second kappa shape index (κ2) is 10.1. The number of benzene rings is 3. The number of hydrogen-bond donors (Lipinski definition) is 1. The molecule has 38 heavy (non-hydrogen) atoms. The lowest BCUT2D eigenvalue weighted by Crippen LogP contribution is -2.35. The van der Waals surface area contributed by atoms with Crippen molar-refractivity contribution in [3.8, 4) is 0 Å². The van der Waals surface area contributed by atoms with Crippen LogP contribution in [0.3, 0.4) is 0 Å². The van der Waals surface area contributed by atoms with E-state index in [9.17, 15) is 21.6 Å². The number of carbonyl (C=O) groups is 1. The summed E-state index contributed by atoms with van der Waals surface area (Å²) in [5.74, 6) is -0.300. The Hall–Kier alpha value is -3.87. The third-order valence-electron chi connectivity index (χ3n) is 6.24. The molecular weight excluding hydrogens is 528 g/mol. The quantitative estimate of drug-likeness (QED) is 0.369. The zero-order chi connectivity index (χ0) is 26.9. The molecule has 1 amide bonds. The van der Waals surface area contributed by atoms with E-state index in [1.54, 1.807) is 12.1 Å². The highest BCUT2D eigenvalue weighted by atomic mass is 32.2. The summed E-state index contributed by atoms with van der Waals surface area (Å²) >= 11 is 0. The first-order chi connectivity index (χ1) is 18.1. The van der Waals surface area contributed by atoms with Crippen molar-refractivity contribution in [2.45, 2.75) is 29.2 Å². The number of nitrogens with one attached hydrogen (secondary N) is 1. The van der Waals surface area contributed by atoms with E-state index in [-0.39, 0.29) is 33.7 Å². The lowest BCUT2D eigenvalue weighted by molar-refractivity contribution is 0.102. The van der Waals surface area contributed by atoms with Crippen LogP contribution in [0.4, 0.5) is 6.01 Å². The minimum Gasteiger partial charge on any atom is -0.407 e. The molecule has 2 heterocycles. The van der Waals surface area contributed by atoms with Crippen LogP contribution in [0.25, 0.3) is 0 Å². The zero-order valence-corrected chi connectivity index (χ0v) is 22.0. The summed E-state index contributed by atoms with van der Waals surface area (Å²) in [4.78, 5) is 13.0. The van der Waals surface area contributed by atoms with E-state index in [1.807, 2.05) is 24.3 Å². The lowest BCUT2D eigenvalue weighted by Gasteiger charge is -2.28. The maximum absolute atomic E-state index is 13.2. The van der Waals surface area contributed by atoms with Crippen LogP contribution >= 0.6 is 0 Å². The van der Waals surface area contributed by atoms with Gasteiger partial charge in [0, 0.05) is 24.9 Å². The molecule has 0 atom stereocenters. The highest BCUT2D eigenvalue weighted by molar-refractivity contribution is 7.90. The molecule has 0 fully saturated rings. The Morgan fingerprint density at radius 3 is 2.24 bits per heavy atom. The first-order valence-electron chi connectivity index (χ1n) is 11.7. The largest absolute Gasteiger partial charge is 0.407 e. The second-order valence-corrected chi connectivity index (χ2v) is 12.9. The number of hydrogen-bond acceptors (Lipinski definition) is 8. The first kappa shape index (κ1) is 25.8. The van der Waals surface area contributed by atoms with E-state index in [0.29, 0.717) is 19.5 Å². The smallest absolute Gasteiger partial charge is 0.322 e. The molecule has 10 nitrogen and oxygen atoms in total. The van der Waals surface area contributed by atoms with Gasteiger partial charge in [-0.1, -0.05) is 41.5 Å². The van der Waals surface area contributed by atoms with E-state index >= 15 is 0 Å². The van der Waals surface area contributed by atoms with Crippen LogP contribution < -0.4 is 5.32 Å². The number of aromatic nitrogens is 2. The molecule has 0 radical (unpaired) electrons. The van der Waals surface area contributed by atoms with E-state index in [0.717, 1.165) is 22.9 Å². The van der Waals surface area contributed by atoms with Crippen molar-refractivity contribution in [3.05, 3.63) is 101 Å². The summed E-state index contributed by atoms with van der Waals surface area (Å²) in [6.45, 7) is 0.699. The molecule has 3 aromatic carbocycles. The van der Waals surface area contributed by atoms with Gasteiger partial charge < -0.3 is 4.42 Å². The maximum atomic E-state index is 13.2. The standard InChI is InChI=1S/C26H24N4O6S2/c1-37(32,33)22-10-6-18(7-11-22)16-24-28-29-26(36-24)27-25(31)20-8-12-23(13-9-20)38(34,35)30-15-14-19-4-2-3-5-21(19)17-30/h2-13H,14-17H2,1H3,(H,27,29,31). The van der Waals surface area contributed by atoms with Crippen molar-refractivity contribution in [2.24, 2.45) is 0 Å². The number of fused-ring (bicyclic) bond motifs is 1. The highest BCUT2D eigenvalue weighted by Gasteiger charge is 2.28. The summed E-state index contributed by atoms with van der Waals surface area (Å²) < 4.78 is 56.4. The van der Waals surface area contributed by atoms with Crippen molar-refractivity contribution in [3.63, 3.8) is 0 Å². The molecule has 1 N–H and O–H groups in total. The average Bonchev–Trinajstić information content (AvgIpc) is 3.34. The fourth-order valence-electron chi connectivity index (χ4n) is 4.18. The van der Waals surface area contributed by atoms with Gasteiger partial charge in [-0.3, -0.25) is 10.1 Å². The van der Waals surface area contributed by atoms with Crippen molar-refractivity contribution in [1.29, 1.82) is 0 Å². The number of carbonyl (C=O) groups excluding carboxylic acids is 1. The van der Waals surface area contributed by atoms with E-state index in [2.05, 4.69) is 15.5 Å². The van der Waals surface area contributed by atoms with Crippen LogP contribution in [0.5, 0.6) is 0 Å². The van der Waals surface area contributed by atoms with Gasteiger partial charge in [0.05, 0.1) is 16.2 Å². The summed E-state index contributed by atoms with van der Waals surface area (Å²) in [7, 11) is -7.01. The Kier molecular flexibility index (Phi) is 6.86. The van der Waals surface area contributed by atoms with E-state index in [4.69, 9.17) is 4.42 Å². The van der Waals surface area contributed by atoms with Gasteiger partial charge in [0.25, 0.3) is 5.91 Å². The minimum atomic E-state index is -3.72. The molecule has 0 saturated carbocycles. The predicted molar refractivity (Wildman–Crippen MR) is 139 cm³/mol. The molecule has 1 aromatic heterocycles. The van der Waals surface area contributed by atoms with Crippen LogP contribution in [0.15, 0.2) is 87.0 Å².